The third-order valence-electron chi connectivity index (χ3n) is 3.52. The topological polar surface area (TPSA) is 64.3 Å². The molecule has 0 heterocycles. The van der Waals surface area contributed by atoms with Gasteiger partial charge in [-0.05, 0) is 44.0 Å². The minimum Gasteiger partial charge on any atom is -0.466 e. The van der Waals surface area contributed by atoms with Crippen LogP contribution in [-0.4, -0.2) is 32.2 Å². The van der Waals surface area contributed by atoms with E-state index in [1.807, 2.05) is 43.3 Å². The van der Waals surface area contributed by atoms with Gasteiger partial charge in [0, 0.05) is 6.54 Å². The van der Waals surface area contributed by atoms with Crippen molar-refractivity contribution in [2.24, 2.45) is 5.73 Å². The van der Waals surface area contributed by atoms with E-state index in [0.717, 1.165) is 25.9 Å². The highest BCUT2D eigenvalue weighted by Crippen LogP contribution is 1.98. The van der Waals surface area contributed by atoms with Gasteiger partial charge in [0.15, 0.2) is 0 Å². The van der Waals surface area contributed by atoms with Crippen LogP contribution in [0.4, 0.5) is 0 Å². The Morgan fingerprint density at radius 3 is 2.00 bits per heavy atom. The Balaban J connectivity index is 0.000000293. The van der Waals surface area contributed by atoms with Crippen LogP contribution in [0.3, 0.4) is 0 Å². The van der Waals surface area contributed by atoms with E-state index in [2.05, 4.69) is 29.6 Å². The van der Waals surface area contributed by atoms with Gasteiger partial charge in [0.05, 0.1) is 13.0 Å². The van der Waals surface area contributed by atoms with Gasteiger partial charge in [0.25, 0.3) is 0 Å². The molecule has 0 aliphatic heterocycles. The summed E-state index contributed by atoms with van der Waals surface area (Å²) in [6, 6.07) is 20.6. The van der Waals surface area contributed by atoms with Gasteiger partial charge in [-0.1, -0.05) is 60.7 Å². The van der Waals surface area contributed by atoms with Crippen molar-refractivity contribution in [1.29, 1.82) is 0 Å². The predicted octanol–water partition coefficient (Wildman–Crippen LogP) is 2.96. The Hall–Kier alpha value is -2.17. The Labute approximate surface area is 151 Å². The molecule has 0 radical (unpaired) electrons. The molecule has 3 N–H and O–H groups in total. The number of carbonyl (C=O) groups is 1. The quantitative estimate of drug-likeness (QED) is 0.543. The fourth-order valence-corrected chi connectivity index (χ4v) is 2.24. The molecule has 2 aromatic carbocycles. The monoisotopic (exact) mass is 342 g/mol. The van der Waals surface area contributed by atoms with Crippen LogP contribution in [0.2, 0.25) is 0 Å². The fraction of sp³-hybridized carbons (Fsp3) is 0.381. The average Bonchev–Trinajstić information content (AvgIpc) is 2.64. The van der Waals surface area contributed by atoms with Crippen LogP contribution in [0, 0.1) is 0 Å². The maximum absolute atomic E-state index is 11.0. The molecule has 0 bridgehead atoms. The lowest BCUT2D eigenvalue weighted by Crippen LogP contribution is -2.21. The Bertz CT molecular complexity index is 559. The van der Waals surface area contributed by atoms with Gasteiger partial charge in [0.1, 0.15) is 0 Å². The predicted molar refractivity (Wildman–Crippen MR) is 103 cm³/mol. The molecule has 4 nitrogen and oxygen atoms in total. The first kappa shape index (κ1) is 20.9. The summed E-state index contributed by atoms with van der Waals surface area (Å²) in [5.41, 5.74) is 7.99. The third kappa shape index (κ3) is 11.1. The molecule has 0 aromatic heterocycles. The fourth-order valence-electron chi connectivity index (χ4n) is 2.24. The van der Waals surface area contributed by atoms with E-state index in [9.17, 15) is 4.79 Å². The Kier molecular flexibility index (Phi) is 11.9. The van der Waals surface area contributed by atoms with Crippen molar-refractivity contribution in [3.63, 3.8) is 0 Å². The number of hydrogen-bond acceptors (Lipinski definition) is 4. The van der Waals surface area contributed by atoms with E-state index in [-0.39, 0.29) is 5.97 Å². The summed E-state index contributed by atoms with van der Waals surface area (Å²) in [6.45, 7) is 4.60. The summed E-state index contributed by atoms with van der Waals surface area (Å²) in [6.07, 6.45) is 2.42. The zero-order chi connectivity index (χ0) is 18.2. The summed E-state index contributed by atoms with van der Waals surface area (Å²) >= 11 is 0. The second-order valence-corrected chi connectivity index (χ2v) is 5.56. The van der Waals surface area contributed by atoms with Gasteiger partial charge < -0.3 is 15.8 Å². The molecule has 0 aliphatic rings. The van der Waals surface area contributed by atoms with Crippen LogP contribution < -0.4 is 11.1 Å². The molecule has 0 unspecified atom stereocenters. The first-order chi connectivity index (χ1) is 12.3. The molecular formula is C21H30N2O2. The van der Waals surface area contributed by atoms with Crippen LogP contribution >= 0.6 is 0 Å². The summed E-state index contributed by atoms with van der Waals surface area (Å²) in [5, 5.41) is 3.22. The molecule has 0 amide bonds. The zero-order valence-corrected chi connectivity index (χ0v) is 15.1. The van der Waals surface area contributed by atoms with Crippen molar-refractivity contribution in [1.82, 2.24) is 5.32 Å². The number of benzene rings is 2. The molecule has 0 saturated carbocycles. The van der Waals surface area contributed by atoms with Gasteiger partial charge in [0.2, 0.25) is 0 Å². The second kappa shape index (κ2) is 14.2. The maximum Gasteiger partial charge on any atom is 0.307 e. The maximum atomic E-state index is 11.0. The Morgan fingerprint density at radius 1 is 0.920 bits per heavy atom. The van der Waals surface area contributed by atoms with Gasteiger partial charge in [-0.25, -0.2) is 0 Å². The number of carbonyl (C=O) groups excluding carboxylic acids is 1. The van der Waals surface area contributed by atoms with Crippen LogP contribution in [0.1, 0.15) is 24.5 Å². The minimum atomic E-state index is -0.130. The van der Waals surface area contributed by atoms with Gasteiger partial charge >= 0.3 is 5.97 Å². The van der Waals surface area contributed by atoms with Crippen molar-refractivity contribution >= 4 is 5.97 Å². The smallest absolute Gasteiger partial charge is 0.307 e. The molecule has 0 fully saturated rings. The van der Waals surface area contributed by atoms with Crippen LogP contribution in [0.25, 0.3) is 0 Å². The summed E-state index contributed by atoms with van der Waals surface area (Å²) in [5.74, 6) is -0.130. The second-order valence-electron chi connectivity index (χ2n) is 5.56. The van der Waals surface area contributed by atoms with E-state index in [1.54, 1.807) is 0 Å². The van der Waals surface area contributed by atoms with Crippen LogP contribution in [-0.2, 0) is 22.4 Å². The SMILES string of the molecule is CCOC(=O)CCNCCc1ccccc1.NCCc1ccccc1. The molecule has 0 aliphatic carbocycles. The van der Waals surface area contributed by atoms with E-state index in [1.165, 1.54) is 11.1 Å². The standard InChI is InChI=1S/C13H19NO2.C8H11N/c1-2-16-13(15)9-11-14-10-8-12-6-4-3-5-7-12;9-7-6-8-4-2-1-3-5-8/h3-7,14H,2,8-11H2,1H3;1-5H,6-7,9H2. The van der Waals surface area contributed by atoms with Crippen molar-refractivity contribution < 1.29 is 9.53 Å². The van der Waals surface area contributed by atoms with E-state index in [4.69, 9.17) is 10.5 Å². The molecule has 136 valence electrons. The lowest BCUT2D eigenvalue weighted by molar-refractivity contribution is -0.142. The third-order valence-corrected chi connectivity index (χ3v) is 3.52. The summed E-state index contributed by atoms with van der Waals surface area (Å²) < 4.78 is 4.83. The largest absolute Gasteiger partial charge is 0.466 e. The molecule has 4 heteroatoms. The highest BCUT2D eigenvalue weighted by molar-refractivity contribution is 5.69. The first-order valence-corrected chi connectivity index (χ1v) is 8.90. The van der Waals surface area contributed by atoms with Gasteiger partial charge in [-0.15, -0.1) is 0 Å². The molecule has 0 spiro atoms. The molecule has 25 heavy (non-hydrogen) atoms. The summed E-state index contributed by atoms with van der Waals surface area (Å²) in [7, 11) is 0. The minimum absolute atomic E-state index is 0.130. The molecular weight excluding hydrogens is 312 g/mol. The van der Waals surface area contributed by atoms with Crippen LogP contribution in [0.15, 0.2) is 60.7 Å². The number of nitrogens with two attached hydrogens (primary N) is 1. The van der Waals surface area contributed by atoms with Crippen molar-refractivity contribution in [2.45, 2.75) is 26.2 Å². The number of hydrogen-bond donors (Lipinski definition) is 2. The van der Waals surface area contributed by atoms with Crippen molar-refractivity contribution in [2.75, 3.05) is 26.2 Å². The number of nitrogens with one attached hydrogen (secondary N) is 1. The van der Waals surface area contributed by atoms with E-state index in [0.29, 0.717) is 19.6 Å². The normalized spacial score (nSPS) is 9.84. The first-order valence-electron chi connectivity index (χ1n) is 8.90. The average molecular weight is 342 g/mol. The van der Waals surface area contributed by atoms with Crippen molar-refractivity contribution in [3.05, 3.63) is 71.8 Å². The highest BCUT2D eigenvalue weighted by Gasteiger charge is 1.99. The van der Waals surface area contributed by atoms with Gasteiger partial charge in [-0.3, -0.25) is 4.79 Å². The van der Waals surface area contributed by atoms with Crippen molar-refractivity contribution in [3.8, 4) is 0 Å². The van der Waals surface area contributed by atoms with E-state index < -0.39 is 0 Å². The van der Waals surface area contributed by atoms with E-state index >= 15 is 0 Å². The molecule has 2 aromatic rings. The highest BCUT2D eigenvalue weighted by atomic mass is 16.5. The molecule has 0 saturated heterocycles. The lowest BCUT2D eigenvalue weighted by atomic mass is 10.1. The number of ether oxygens (including phenoxy) is 1. The van der Waals surface area contributed by atoms with Crippen LogP contribution in [0.5, 0.6) is 0 Å². The number of esters is 1. The summed E-state index contributed by atoms with van der Waals surface area (Å²) in [4.78, 5) is 11.0. The van der Waals surface area contributed by atoms with Gasteiger partial charge in [-0.2, -0.15) is 0 Å². The number of rotatable bonds is 9. The molecule has 2 rings (SSSR count). The molecule has 0 atom stereocenters. The Morgan fingerprint density at radius 2 is 1.48 bits per heavy atom. The zero-order valence-electron chi connectivity index (χ0n) is 15.1. The lowest BCUT2D eigenvalue weighted by Gasteiger charge is -2.04.